The molecule has 0 bridgehead atoms. The third-order valence-corrected chi connectivity index (χ3v) is 3.47. The lowest BCUT2D eigenvalue weighted by Gasteiger charge is -2.04. The third-order valence-electron chi connectivity index (χ3n) is 3.25. The number of nitrogens with one attached hydrogen (secondary N) is 1. The van der Waals surface area contributed by atoms with Crippen LogP contribution in [0.15, 0.2) is 48.8 Å². The fraction of sp³-hybridized carbons (Fsp3) is 0.125. The minimum absolute atomic E-state index is 0.0456. The van der Waals surface area contributed by atoms with Gasteiger partial charge in [0.05, 0.1) is 16.3 Å². The number of rotatable bonds is 4. The van der Waals surface area contributed by atoms with Gasteiger partial charge in [-0.3, -0.25) is 4.79 Å². The lowest BCUT2D eigenvalue weighted by Crippen LogP contribution is -2.26. The van der Waals surface area contributed by atoms with Gasteiger partial charge < -0.3 is 9.72 Å². The number of nitrogens with zero attached hydrogens (tertiary/aromatic N) is 2. The number of amides is 1. The third kappa shape index (κ3) is 3.09. The van der Waals surface area contributed by atoms with Crippen LogP contribution in [0.2, 0.25) is 5.02 Å². The lowest BCUT2D eigenvalue weighted by atomic mass is 10.2. The molecule has 3 rings (SSSR count). The van der Waals surface area contributed by atoms with E-state index in [2.05, 4.69) is 10.3 Å². The van der Waals surface area contributed by atoms with Crippen LogP contribution in [0.4, 0.5) is 4.39 Å². The number of hydrogen-bond donors (Lipinski definition) is 1. The predicted molar refractivity (Wildman–Crippen MR) is 82.6 cm³/mol. The Morgan fingerprint density at radius 1 is 1.23 bits per heavy atom. The number of aromatic nitrogens is 2. The summed E-state index contributed by atoms with van der Waals surface area (Å²) < 4.78 is 15.3. The molecule has 4 nitrogen and oxygen atoms in total. The van der Waals surface area contributed by atoms with Crippen molar-refractivity contribution in [2.24, 2.45) is 0 Å². The van der Waals surface area contributed by atoms with Crippen molar-refractivity contribution < 1.29 is 9.18 Å². The van der Waals surface area contributed by atoms with Gasteiger partial charge in [-0.05, 0) is 24.3 Å². The quantitative estimate of drug-likeness (QED) is 0.803. The number of hydrogen-bond acceptors (Lipinski definition) is 2. The van der Waals surface area contributed by atoms with Gasteiger partial charge in [0, 0.05) is 25.4 Å². The van der Waals surface area contributed by atoms with Crippen molar-refractivity contribution in [2.45, 2.75) is 6.42 Å². The highest BCUT2D eigenvalue weighted by Crippen LogP contribution is 2.12. The Kier molecular flexibility index (Phi) is 4.06. The summed E-state index contributed by atoms with van der Waals surface area (Å²) in [6.45, 7) is 0.380. The molecule has 2 aromatic heterocycles. The van der Waals surface area contributed by atoms with Gasteiger partial charge in [-0.2, -0.15) is 0 Å². The number of halogens is 2. The summed E-state index contributed by atoms with van der Waals surface area (Å²) in [5.41, 5.74) is 1.67. The maximum Gasteiger partial charge on any atom is 0.254 e. The van der Waals surface area contributed by atoms with Crippen LogP contribution in [0.5, 0.6) is 0 Å². The van der Waals surface area contributed by atoms with Gasteiger partial charge in [0.1, 0.15) is 11.5 Å². The average molecular weight is 318 g/mol. The van der Waals surface area contributed by atoms with Gasteiger partial charge in [0.15, 0.2) is 0 Å². The topological polar surface area (TPSA) is 46.4 Å². The van der Waals surface area contributed by atoms with Crippen LogP contribution in [0.25, 0.3) is 5.65 Å². The smallest absolute Gasteiger partial charge is 0.254 e. The molecule has 0 aliphatic rings. The van der Waals surface area contributed by atoms with Crippen LogP contribution in [-0.2, 0) is 6.42 Å². The molecule has 6 heteroatoms. The fourth-order valence-corrected chi connectivity index (χ4v) is 2.35. The molecule has 112 valence electrons. The largest absolute Gasteiger partial charge is 0.352 e. The molecule has 0 aliphatic carbocycles. The lowest BCUT2D eigenvalue weighted by molar-refractivity contribution is 0.0950. The highest BCUT2D eigenvalue weighted by Gasteiger charge is 2.10. The van der Waals surface area contributed by atoms with E-state index in [1.165, 1.54) is 12.1 Å². The molecule has 0 saturated heterocycles. The van der Waals surface area contributed by atoms with Crippen LogP contribution < -0.4 is 5.32 Å². The van der Waals surface area contributed by atoms with Crippen LogP contribution in [-0.4, -0.2) is 21.8 Å². The first kappa shape index (κ1) is 14.5. The first-order valence-corrected chi connectivity index (χ1v) is 7.17. The molecule has 0 radical (unpaired) electrons. The summed E-state index contributed by atoms with van der Waals surface area (Å²) in [5.74, 6) is -0.952. The van der Waals surface area contributed by atoms with E-state index in [0.717, 1.165) is 11.3 Å². The Morgan fingerprint density at radius 2 is 2.05 bits per heavy atom. The van der Waals surface area contributed by atoms with Crippen LogP contribution in [0.1, 0.15) is 16.1 Å². The van der Waals surface area contributed by atoms with E-state index in [0.29, 0.717) is 18.0 Å². The molecular formula is C16H13ClFN3O. The van der Waals surface area contributed by atoms with Gasteiger partial charge in [-0.1, -0.05) is 23.7 Å². The highest BCUT2D eigenvalue weighted by molar-refractivity contribution is 6.30. The van der Waals surface area contributed by atoms with Gasteiger partial charge in [-0.15, -0.1) is 0 Å². The van der Waals surface area contributed by atoms with E-state index in [1.807, 2.05) is 16.7 Å². The number of carbonyl (C=O) groups is 1. The van der Waals surface area contributed by atoms with Gasteiger partial charge in [-0.25, -0.2) is 9.37 Å². The first-order chi connectivity index (χ1) is 10.6. The molecule has 22 heavy (non-hydrogen) atoms. The molecule has 1 N–H and O–H groups in total. The van der Waals surface area contributed by atoms with E-state index < -0.39 is 11.7 Å². The number of imidazole rings is 1. The zero-order valence-electron chi connectivity index (χ0n) is 11.6. The Hall–Kier alpha value is -2.40. The second-order valence-corrected chi connectivity index (χ2v) is 5.27. The summed E-state index contributed by atoms with van der Waals surface area (Å²) in [5, 5.41) is 3.32. The minimum atomic E-state index is -0.526. The SMILES string of the molecule is O=C(NCCc1cn2cc(Cl)ccc2n1)c1ccccc1F. The fourth-order valence-electron chi connectivity index (χ4n) is 2.18. The van der Waals surface area contributed by atoms with E-state index in [4.69, 9.17) is 11.6 Å². The molecule has 0 spiro atoms. The summed E-state index contributed by atoms with van der Waals surface area (Å²) >= 11 is 5.92. The van der Waals surface area contributed by atoms with Gasteiger partial charge in [0.25, 0.3) is 5.91 Å². The maximum absolute atomic E-state index is 13.5. The molecule has 0 saturated carbocycles. The molecule has 3 aromatic rings. The zero-order valence-corrected chi connectivity index (χ0v) is 12.3. The number of pyridine rings is 1. The second-order valence-electron chi connectivity index (χ2n) is 4.83. The van der Waals surface area contributed by atoms with Crippen molar-refractivity contribution in [1.82, 2.24) is 14.7 Å². The molecule has 1 amide bonds. The van der Waals surface area contributed by atoms with Crippen molar-refractivity contribution in [3.63, 3.8) is 0 Å². The molecule has 1 aromatic carbocycles. The molecule has 0 aliphatic heterocycles. The Labute approximate surface area is 131 Å². The van der Waals surface area contributed by atoms with Crippen molar-refractivity contribution in [3.8, 4) is 0 Å². The molecule has 0 fully saturated rings. The Balaban J connectivity index is 1.62. The summed E-state index contributed by atoms with van der Waals surface area (Å²) in [4.78, 5) is 16.3. The van der Waals surface area contributed by atoms with Crippen molar-refractivity contribution in [1.29, 1.82) is 0 Å². The minimum Gasteiger partial charge on any atom is -0.352 e. The molecular weight excluding hydrogens is 305 g/mol. The van der Waals surface area contributed by atoms with E-state index in [9.17, 15) is 9.18 Å². The standard InChI is InChI=1S/C16H13ClFN3O/c17-11-5-6-15-20-12(10-21(15)9-11)7-8-19-16(22)13-3-1-2-4-14(13)18/h1-6,9-10H,7-8H2,(H,19,22). The Bertz CT molecular complexity index is 831. The van der Waals surface area contributed by atoms with Crippen molar-refractivity contribution in [3.05, 3.63) is 70.9 Å². The average Bonchev–Trinajstić information content (AvgIpc) is 2.89. The van der Waals surface area contributed by atoms with E-state index >= 15 is 0 Å². The zero-order chi connectivity index (χ0) is 15.5. The highest BCUT2D eigenvalue weighted by atomic mass is 35.5. The second kappa shape index (κ2) is 6.15. The predicted octanol–water partition coefficient (Wildman–Crippen LogP) is 3.10. The van der Waals surface area contributed by atoms with Crippen molar-refractivity contribution >= 4 is 23.2 Å². The van der Waals surface area contributed by atoms with E-state index in [-0.39, 0.29) is 5.56 Å². The normalized spacial score (nSPS) is 10.8. The number of carbonyl (C=O) groups excluding carboxylic acids is 1. The van der Waals surface area contributed by atoms with Gasteiger partial charge in [0.2, 0.25) is 0 Å². The summed E-state index contributed by atoms with van der Waals surface area (Å²) in [7, 11) is 0. The molecule has 2 heterocycles. The van der Waals surface area contributed by atoms with E-state index in [1.54, 1.807) is 24.4 Å². The first-order valence-electron chi connectivity index (χ1n) is 6.79. The maximum atomic E-state index is 13.5. The van der Waals surface area contributed by atoms with Crippen molar-refractivity contribution in [2.75, 3.05) is 6.54 Å². The van der Waals surface area contributed by atoms with Gasteiger partial charge >= 0.3 is 0 Å². The monoisotopic (exact) mass is 317 g/mol. The summed E-state index contributed by atoms with van der Waals surface area (Å²) in [6.07, 6.45) is 4.18. The number of benzene rings is 1. The molecule has 0 atom stereocenters. The molecule has 0 unspecified atom stereocenters. The Morgan fingerprint density at radius 3 is 2.86 bits per heavy atom. The van der Waals surface area contributed by atoms with Crippen LogP contribution in [0, 0.1) is 5.82 Å². The van der Waals surface area contributed by atoms with Crippen LogP contribution >= 0.6 is 11.6 Å². The summed E-state index contributed by atoms with van der Waals surface area (Å²) in [6, 6.07) is 9.49. The van der Waals surface area contributed by atoms with Crippen LogP contribution in [0.3, 0.4) is 0 Å². The number of fused-ring (bicyclic) bond motifs is 1.